The molecule has 0 bridgehead atoms. The fourth-order valence-electron chi connectivity index (χ4n) is 1.89. The molecule has 0 atom stereocenters. The molecule has 2 aromatic rings. The van der Waals surface area contributed by atoms with Gasteiger partial charge >= 0.3 is 0 Å². The average molecular weight is 283 g/mol. The van der Waals surface area contributed by atoms with Gasteiger partial charge in [-0.15, -0.1) is 0 Å². The number of rotatable bonds is 3. The number of H-pyrrole nitrogens is 1. The topological polar surface area (TPSA) is 29.9 Å². The fourth-order valence-corrected chi connectivity index (χ4v) is 2.32. The van der Waals surface area contributed by atoms with E-state index in [0.717, 1.165) is 17.1 Å². The largest absolute Gasteiger partial charge is 0.495 e. The van der Waals surface area contributed by atoms with Gasteiger partial charge in [0.1, 0.15) is 5.75 Å². The summed E-state index contributed by atoms with van der Waals surface area (Å²) in [5.74, 6) is 1.10. The molecule has 96 valence electrons. The van der Waals surface area contributed by atoms with Gasteiger partial charge in [-0.25, -0.2) is 0 Å². The molecule has 1 aromatic heterocycles. The zero-order valence-electron chi connectivity index (χ0n) is 10.5. The van der Waals surface area contributed by atoms with Gasteiger partial charge in [0.15, 0.2) is 4.77 Å². The van der Waals surface area contributed by atoms with Gasteiger partial charge < -0.3 is 9.72 Å². The first-order valence-electron chi connectivity index (χ1n) is 5.69. The van der Waals surface area contributed by atoms with Crippen LogP contribution in [0.4, 0.5) is 0 Å². The Labute approximate surface area is 116 Å². The Morgan fingerprint density at radius 3 is 2.72 bits per heavy atom. The van der Waals surface area contributed by atoms with Gasteiger partial charge in [-0.3, -0.25) is 4.57 Å². The number of aromatic nitrogens is 2. The van der Waals surface area contributed by atoms with Crippen LogP contribution in [0.25, 0.3) is 5.69 Å². The molecule has 5 heteroatoms. The molecule has 1 N–H and O–H groups in total. The van der Waals surface area contributed by atoms with Crippen molar-refractivity contribution in [2.75, 3.05) is 7.11 Å². The van der Waals surface area contributed by atoms with Gasteiger partial charge in [0.2, 0.25) is 0 Å². The smallest absolute Gasteiger partial charge is 0.182 e. The quantitative estimate of drug-likeness (QED) is 0.850. The highest BCUT2D eigenvalue weighted by Gasteiger charge is 2.14. The van der Waals surface area contributed by atoms with Crippen LogP contribution in [0.2, 0.25) is 5.02 Å². The summed E-state index contributed by atoms with van der Waals surface area (Å²) in [6, 6.07) is 5.50. The zero-order chi connectivity index (χ0) is 13.3. The van der Waals surface area contributed by atoms with Crippen molar-refractivity contribution in [1.29, 1.82) is 0 Å². The molecule has 0 aliphatic carbocycles. The molecule has 0 aliphatic rings. The van der Waals surface area contributed by atoms with Crippen molar-refractivity contribution in [2.24, 2.45) is 0 Å². The van der Waals surface area contributed by atoms with Crippen LogP contribution in [0.15, 0.2) is 24.4 Å². The summed E-state index contributed by atoms with van der Waals surface area (Å²) < 4.78 is 7.98. The number of methoxy groups -OCH3 is 1. The van der Waals surface area contributed by atoms with Crippen LogP contribution in [-0.2, 0) is 0 Å². The van der Waals surface area contributed by atoms with Gasteiger partial charge in [0.05, 0.1) is 12.8 Å². The van der Waals surface area contributed by atoms with Crippen molar-refractivity contribution in [2.45, 2.75) is 19.8 Å². The lowest BCUT2D eigenvalue weighted by Gasteiger charge is -2.14. The monoisotopic (exact) mass is 282 g/mol. The second kappa shape index (κ2) is 5.16. The number of benzene rings is 1. The maximum atomic E-state index is 6.06. The van der Waals surface area contributed by atoms with Crippen LogP contribution >= 0.6 is 23.8 Å². The van der Waals surface area contributed by atoms with Crippen LogP contribution < -0.4 is 4.74 Å². The first kappa shape index (κ1) is 13.2. The SMILES string of the molecule is COc1ccc(Cl)cc1-n1c(C(C)C)c[nH]c1=S. The second-order valence-corrected chi connectivity index (χ2v) is 5.15. The number of hydrogen-bond donors (Lipinski definition) is 1. The van der Waals surface area contributed by atoms with Crippen molar-refractivity contribution >= 4 is 23.8 Å². The highest BCUT2D eigenvalue weighted by molar-refractivity contribution is 7.71. The number of halogens is 1. The van der Waals surface area contributed by atoms with Crippen molar-refractivity contribution in [3.63, 3.8) is 0 Å². The van der Waals surface area contributed by atoms with Crippen LogP contribution in [-0.4, -0.2) is 16.7 Å². The molecule has 1 heterocycles. The average Bonchev–Trinajstić information content (AvgIpc) is 2.71. The van der Waals surface area contributed by atoms with E-state index in [-0.39, 0.29) is 0 Å². The molecule has 0 radical (unpaired) electrons. The summed E-state index contributed by atoms with van der Waals surface area (Å²) >= 11 is 11.4. The minimum atomic E-state index is 0.349. The number of aromatic amines is 1. The predicted molar refractivity (Wildman–Crippen MR) is 76.6 cm³/mol. The Morgan fingerprint density at radius 2 is 2.11 bits per heavy atom. The highest BCUT2D eigenvalue weighted by atomic mass is 35.5. The zero-order valence-corrected chi connectivity index (χ0v) is 12.1. The number of ether oxygens (including phenoxy) is 1. The number of hydrogen-bond acceptors (Lipinski definition) is 2. The second-order valence-electron chi connectivity index (χ2n) is 4.32. The lowest BCUT2D eigenvalue weighted by Crippen LogP contribution is -2.04. The molecule has 2 rings (SSSR count). The molecule has 0 fully saturated rings. The minimum Gasteiger partial charge on any atom is -0.495 e. The van der Waals surface area contributed by atoms with Gasteiger partial charge in [0, 0.05) is 16.9 Å². The Balaban J connectivity index is 2.72. The van der Waals surface area contributed by atoms with Crippen LogP contribution in [0, 0.1) is 4.77 Å². The van der Waals surface area contributed by atoms with Crippen LogP contribution in [0.3, 0.4) is 0 Å². The van der Waals surface area contributed by atoms with Gasteiger partial charge in [0.25, 0.3) is 0 Å². The molecular formula is C13H15ClN2OS. The standard InChI is InChI=1S/C13H15ClN2OS/c1-8(2)11-7-15-13(18)16(11)10-6-9(14)4-5-12(10)17-3/h4-8H,1-3H3,(H,15,18). The van der Waals surface area contributed by atoms with Gasteiger partial charge in [-0.2, -0.15) is 0 Å². The molecule has 0 aliphatic heterocycles. The van der Waals surface area contributed by atoms with Crippen molar-refractivity contribution in [3.8, 4) is 11.4 Å². The lowest BCUT2D eigenvalue weighted by atomic mass is 10.1. The molecule has 0 saturated carbocycles. The Morgan fingerprint density at radius 1 is 1.39 bits per heavy atom. The van der Waals surface area contributed by atoms with Gasteiger partial charge in [-0.1, -0.05) is 25.4 Å². The van der Waals surface area contributed by atoms with E-state index in [1.54, 1.807) is 13.2 Å². The predicted octanol–water partition coefficient (Wildman–Crippen LogP) is 4.32. The first-order valence-corrected chi connectivity index (χ1v) is 6.47. The summed E-state index contributed by atoms with van der Waals surface area (Å²) in [5, 5.41) is 0.656. The third-order valence-corrected chi connectivity index (χ3v) is 3.31. The van der Waals surface area contributed by atoms with E-state index in [0.29, 0.717) is 15.7 Å². The summed E-state index contributed by atoms with van der Waals surface area (Å²) in [6.07, 6.45) is 1.92. The third-order valence-electron chi connectivity index (χ3n) is 2.78. The molecule has 0 spiro atoms. The fraction of sp³-hybridized carbons (Fsp3) is 0.308. The maximum absolute atomic E-state index is 6.06. The van der Waals surface area contributed by atoms with E-state index in [1.165, 1.54) is 0 Å². The summed E-state index contributed by atoms with van der Waals surface area (Å²) in [6.45, 7) is 4.23. The summed E-state index contributed by atoms with van der Waals surface area (Å²) in [4.78, 5) is 3.07. The van der Waals surface area contributed by atoms with E-state index in [4.69, 9.17) is 28.6 Å². The summed E-state index contributed by atoms with van der Waals surface area (Å²) in [7, 11) is 1.64. The van der Waals surface area contributed by atoms with Crippen molar-refractivity contribution in [1.82, 2.24) is 9.55 Å². The lowest BCUT2D eigenvalue weighted by molar-refractivity contribution is 0.412. The van der Waals surface area contributed by atoms with Crippen LogP contribution in [0.5, 0.6) is 5.75 Å². The van der Waals surface area contributed by atoms with E-state index in [9.17, 15) is 0 Å². The molecule has 3 nitrogen and oxygen atoms in total. The molecule has 0 saturated heterocycles. The Hall–Kier alpha value is -1.26. The first-order chi connectivity index (χ1) is 8.54. The number of imidazole rings is 1. The minimum absolute atomic E-state index is 0.349. The highest BCUT2D eigenvalue weighted by Crippen LogP contribution is 2.29. The van der Waals surface area contributed by atoms with Gasteiger partial charge in [-0.05, 0) is 36.3 Å². The van der Waals surface area contributed by atoms with E-state index in [1.807, 2.05) is 22.9 Å². The molecule has 0 unspecified atom stereocenters. The van der Waals surface area contributed by atoms with Crippen LogP contribution in [0.1, 0.15) is 25.5 Å². The van der Waals surface area contributed by atoms with E-state index in [2.05, 4.69) is 18.8 Å². The van der Waals surface area contributed by atoms with E-state index < -0.39 is 0 Å². The molecule has 18 heavy (non-hydrogen) atoms. The summed E-state index contributed by atoms with van der Waals surface area (Å²) in [5.41, 5.74) is 1.96. The van der Waals surface area contributed by atoms with Crippen molar-refractivity contribution in [3.05, 3.63) is 39.9 Å². The molecule has 1 aromatic carbocycles. The van der Waals surface area contributed by atoms with E-state index >= 15 is 0 Å². The molecular weight excluding hydrogens is 268 g/mol. The Bertz CT molecular complexity index is 616. The Kier molecular flexibility index (Phi) is 3.78. The third kappa shape index (κ3) is 2.31. The maximum Gasteiger partial charge on any atom is 0.182 e. The molecule has 0 amide bonds. The normalized spacial score (nSPS) is 10.9. The van der Waals surface area contributed by atoms with Crippen molar-refractivity contribution < 1.29 is 4.74 Å². The number of nitrogens with zero attached hydrogens (tertiary/aromatic N) is 1. The number of nitrogens with one attached hydrogen (secondary N) is 1.